The van der Waals surface area contributed by atoms with E-state index in [2.05, 4.69) is 0 Å². The Hall–Kier alpha value is -1.71. The maximum atomic E-state index is 12.6. The third-order valence-corrected chi connectivity index (χ3v) is 4.73. The molecule has 114 valence electrons. The average Bonchev–Trinajstić information content (AvgIpc) is 3.06. The molecule has 21 heavy (non-hydrogen) atoms. The summed E-state index contributed by atoms with van der Waals surface area (Å²) in [6, 6.07) is 4.06. The monoisotopic (exact) mass is 289 g/mol. The quantitative estimate of drug-likeness (QED) is 0.859. The summed E-state index contributed by atoms with van der Waals surface area (Å²) in [5.74, 6) is 2.11. The molecule has 0 radical (unpaired) electrons. The zero-order valence-corrected chi connectivity index (χ0v) is 12.9. The highest BCUT2D eigenvalue weighted by molar-refractivity contribution is 5.79. The molecule has 0 N–H and O–H groups in total. The summed E-state index contributed by atoms with van der Waals surface area (Å²) in [6.07, 6.45) is 5.42. The first-order chi connectivity index (χ1) is 10.2. The SMILES string of the molecule is COc1cc2c(cc1OC)CN(C(=O)C1CCCC1)CC2. The molecular weight excluding hydrogens is 266 g/mol. The largest absolute Gasteiger partial charge is 0.493 e. The third-order valence-electron chi connectivity index (χ3n) is 4.73. The minimum Gasteiger partial charge on any atom is -0.493 e. The predicted octanol–water partition coefficient (Wildman–Crippen LogP) is 2.78. The Kier molecular flexibility index (Phi) is 4.04. The molecule has 1 aliphatic heterocycles. The van der Waals surface area contributed by atoms with Crippen LogP contribution in [0.25, 0.3) is 0 Å². The van der Waals surface area contributed by atoms with Crippen LogP contribution in [0.5, 0.6) is 11.5 Å². The molecule has 1 aromatic rings. The number of nitrogens with zero attached hydrogens (tertiary/aromatic N) is 1. The fraction of sp³-hybridized carbons (Fsp3) is 0.588. The van der Waals surface area contributed by atoms with Gasteiger partial charge in [0.15, 0.2) is 11.5 Å². The molecule has 0 saturated heterocycles. The Balaban J connectivity index is 1.79. The highest BCUT2D eigenvalue weighted by Crippen LogP contribution is 2.34. The number of rotatable bonds is 3. The van der Waals surface area contributed by atoms with E-state index in [1.165, 1.54) is 24.0 Å². The van der Waals surface area contributed by atoms with Crippen LogP contribution in [0.3, 0.4) is 0 Å². The van der Waals surface area contributed by atoms with Crippen molar-refractivity contribution in [2.45, 2.75) is 38.6 Å². The van der Waals surface area contributed by atoms with E-state index in [1.54, 1.807) is 14.2 Å². The van der Waals surface area contributed by atoms with Gasteiger partial charge in [0.05, 0.1) is 14.2 Å². The zero-order valence-electron chi connectivity index (χ0n) is 12.9. The van der Waals surface area contributed by atoms with Crippen LogP contribution in [0, 0.1) is 5.92 Å². The molecule has 2 aliphatic rings. The molecule has 0 aromatic heterocycles. The molecule has 0 spiro atoms. The number of ether oxygens (including phenoxy) is 2. The van der Waals surface area contributed by atoms with Crippen molar-refractivity contribution in [3.8, 4) is 11.5 Å². The molecule has 1 aromatic carbocycles. The standard InChI is InChI=1S/C17H23NO3/c1-20-15-9-13-7-8-18(11-14(13)10-16(15)21-2)17(19)12-5-3-4-6-12/h9-10,12H,3-8,11H2,1-2H3. The smallest absolute Gasteiger partial charge is 0.225 e. The summed E-state index contributed by atoms with van der Waals surface area (Å²) >= 11 is 0. The van der Waals surface area contributed by atoms with Gasteiger partial charge in [0, 0.05) is 19.0 Å². The first kappa shape index (κ1) is 14.2. The minimum absolute atomic E-state index is 0.256. The minimum atomic E-state index is 0.256. The summed E-state index contributed by atoms with van der Waals surface area (Å²) < 4.78 is 10.7. The summed E-state index contributed by atoms with van der Waals surface area (Å²) in [4.78, 5) is 14.6. The number of hydrogen-bond donors (Lipinski definition) is 0. The maximum Gasteiger partial charge on any atom is 0.225 e. The topological polar surface area (TPSA) is 38.8 Å². The van der Waals surface area contributed by atoms with E-state index in [0.717, 1.165) is 37.3 Å². The van der Waals surface area contributed by atoms with Crippen molar-refractivity contribution >= 4 is 5.91 Å². The van der Waals surface area contributed by atoms with Crippen LogP contribution in [0.2, 0.25) is 0 Å². The van der Waals surface area contributed by atoms with Crippen molar-refractivity contribution in [2.24, 2.45) is 5.92 Å². The Morgan fingerprint density at radius 1 is 1.10 bits per heavy atom. The number of hydrogen-bond acceptors (Lipinski definition) is 3. The molecule has 1 fully saturated rings. The van der Waals surface area contributed by atoms with Crippen molar-refractivity contribution in [1.82, 2.24) is 4.90 Å². The van der Waals surface area contributed by atoms with E-state index in [9.17, 15) is 4.79 Å². The van der Waals surface area contributed by atoms with E-state index >= 15 is 0 Å². The van der Waals surface area contributed by atoms with Gasteiger partial charge in [-0.1, -0.05) is 12.8 Å². The van der Waals surface area contributed by atoms with E-state index in [1.807, 2.05) is 17.0 Å². The van der Waals surface area contributed by atoms with Gasteiger partial charge in [0.1, 0.15) is 0 Å². The second-order valence-electron chi connectivity index (χ2n) is 5.97. The number of methoxy groups -OCH3 is 2. The maximum absolute atomic E-state index is 12.6. The second kappa shape index (κ2) is 5.96. The first-order valence-corrected chi connectivity index (χ1v) is 7.75. The van der Waals surface area contributed by atoms with Gasteiger partial charge in [-0.15, -0.1) is 0 Å². The van der Waals surface area contributed by atoms with Crippen molar-refractivity contribution in [1.29, 1.82) is 0 Å². The van der Waals surface area contributed by atoms with E-state index in [0.29, 0.717) is 12.5 Å². The first-order valence-electron chi connectivity index (χ1n) is 7.75. The van der Waals surface area contributed by atoms with Gasteiger partial charge in [-0.2, -0.15) is 0 Å². The van der Waals surface area contributed by atoms with E-state index in [4.69, 9.17) is 9.47 Å². The fourth-order valence-electron chi connectivity index (χ4n) is 3.50. The number of fused-ring (bicyclic) bond motifs is 1. The van der Waals surface area contributed by atoms with Crippen LogP contribution in [-0.2, 0) is 17.8 Å². The normalized spacial score (nSPS) is 18.5. The van der Waals surface area contributed by atoms with Crippen LogP contribution in [0.4, 0.5) is 0 Å². The van der Waals surface area contributed by atoms with Gasteiger partial charge < -0.3 is 14.4 Å². The van der Waals surface area contributed by atoms with Crippen LogP contribution in [-0.4, -0.2) is 31.6 Å². The fourth-order valence-corrected chi connectivity index (χ4v) is 3.50. The Morgan fingerprint density at radius 3 is 2.33 bits per heavy atom. The average molecular weight is 289 g/mol. The number of carbonyl (C=O) groups is 1. The molecule has 3 rings (SSSR count). The molecule has 0 unspecified atom stereocenters. The Morgan fingerprint density at radius 2 is 1.71 bits per heavy atom. The zero-order chi connectivity index (χ0) is 14.8. The second-order valence-corrected chi connectivity index (χ2v) is 5.97. The van der Waals surface area contributed by atoms with Crippen LogP contribution in [0.1, 0.15) is 36.8 Å². The lowest BCUT2D eigenvalue weighted by Crippen LogP contribution is -2.39. The summed E-state index contributed by atoms with van der Waals surface area (Å²) in [5.41, 5.74) is 2.45. The van der Waals surface area contributed by atoms with Crippen LogP contribution in [0.15, 0.2) is 12.1 Å². The lowest BCUT2D eigenvalue weighted by Gasteiger charge is -2.31. The molecule has 1 saturated carbocycles. The Bertz CT molecular complexity index is 535. The molecule has 1 aliphatic carbocycles. The van der Waals surface area contributed by atoms with E-state index in [-0.39, 0.29) is 5.92 Å². The number of benzene rings is 1. The van der Waals surface area contributed by atoms with Crippen molar-refractivity contribution in [2.75, 3.05) is 20.8 Å². The molecule has 0 atom stereocenters. The predicted molar refractivity (Wildman–Crippen MR) is 80.6 cm³/mol. The lowest BCUT2D eigenvalue weighted by atomic mass is 9.97. The molecule has 1 heterocycles. The summed E-state index contributed by atoms with van der Waals surface area (Å²) in [6.45, 7) is 1.52. The van der Waals surface area contributed by atoms with Gasteiger partial charge in [-0.25, -0.2) is 0 Å². The van der Waals surface area contributed by atoms with Gasteiger partial charge in [-0.05, 0) is 42.5 Å². The number of amides is 1. The highest BCUT2D eigenvalue weighted by Gasteiger charge is 2.29. The van der Waals surface area contributed by atoms with Crippen LogP contribution >= 0.6 is 0 Å². The third kappa shape index (κ3) is 2.71. The molecule has 1 amide bonds. The van der Waals surface area contributed by atoms with Crippen molar-refractivity contribution in [3.05, 3.63) is 23.3 Å². The van der Waals surface area contributed by atoms with E-state index < -0.39 is 0 Å². The summed E-state index contributed by atoms with van der Waals surface area (Å²) in [7, 11) is 3.30. The van der Waals surface area contributed by atoms with Gasteiger partial charge in [-0.3, -0.25) is 4.79 Å². The Labute approximate surface area is 126 Å². The van der Waals surface area contributed by atoms with Crippen molar-refractivity contribution in [3.63, 3.8) is 0 Å². The van der Waals surface area contributed by atoms with Gasteiger partial charge in [0.25, 0.3) is 0 Å². The molecule has 0 bridgehead atoms. The summed E-state index contributed by atoms with van der Waals surface area (Å²) in [5, 5.41) is 0. The van der Waals surface area contributed by atoms with Gasteiger partial charge >= 0.3 is 0 Å². The highest BCUT2D eigenvalue weighted by atomic mass is 16.5. The van der Waals surface area contributed by atoms with Gasteiger partial charge in [0.2, 0.25) is 5.91 Å². The lowest BCUT2D eigenvalue weighted by molar-refractivity contribution is -0.136. The molecule has 4 heteroatoms. The molecular formula is C17H23NO3. The van der Waals surface area contributed by atoms with Crippen LogP contribution < -0.4 is 9.47 Å². The number of carbonyl (C=O) groups excluding carboxylic acids is 1. The molecule has 4 nitrogen and oxygen atoms in total. The van der Waals surface area contributed by atoms with Crippen molar-refractivity contribution < 1.29 is 14.3 Å².